The maximum absolute atomic E-state index is 12.3. The van der Waals surface area contributed by atoms with Crippen LogP contribution >= 0.6 is 0 Å². The van der Waals surface area contributed by atoms with Crippen LogP contribution in [0.1, 0.15) is 36.5 Å². The summed E-state index contributed by atoms with van der Waals surface area (Å²) < 4.78 is 31.8. The SMILES string of the molecule is COC(=O)c1cccc(S(=O)(=O)NCCCN2CCC(C)CC2)c1. The fraction of sp³-hybridized carbons (Fsp3) is 0.588. The van der Waals surface area contributed by atoms with E-state index in [1.54, 1.807) is 0 Å². The van der Waals surface area contributed by atoms with Crippen LogP contribution in [0.4, 0.5) is 0 Å². The van der Waals surface area contributed by atoms with Crippen LogP contribution < -0.4 is 4.72 Å². The maximum Gasteiger partial charge on any atom is 0.337 e. The average molecular weight is 354 g/mol. The van der Waals surface area contributed by atoms with E-state index in [0.29, 0.717) is 6.54 Å². The average Bonchev–Trinajstić information content (AvgIpc) is 2.59. The van der Waals surface area contributed by atoms with Gasteiger partial charge in [0.1, 0.15) is 0 Å². The number of ether oxygens (including phenoxy) is 1. The lowest BCUT2D eigenvalue weighted by Gasteiger charge is -2.30. The van der Waals surface area contributed by atoms with Crippen LogP contribution in [-0.2, 0) is 14.8 Å². The molecule has 0 aliphatic carbocycles. The Morgan fingerprint density at radius 1 is 1.33 bits per heavy atom. The van der Waals surface area contributed by atoms with Gasteiger partial charge in [0.2, 0.25) is 10.0 Å². The zero-order valence-corrected chi connectivity index (χ0v) is 15.1. The Morgan fingerprint density at radius 2 is 2.04 bits per heavy atom. The molecule has 2 rings (SSSR count). The first-order chi connectivity index (χ1) is 11.4. The lowest BCUT2D eigenvalue weighted by atomic mass is 9.99. The Labute approximate surface area is 144 Å². The molecule has 1 fully saturated rings. The molecular weight excluding hydrogens is 328 g/mol. The minimum atomic E-state index is -3.61. The molecule has 6 nitrogen and oxygen atoms in total. The molecule has 0 amide bonds. The number of hydrogen-bond donors (Lipinski definition) is 1. The molecule has 0 radical (unpaired) electrons. The van der Waals surface area contributed by atoms with E-state index in [4.69, 9.17) is 0 Å². The molecular formula is C17H26N2O4S. The lowest BCUT2D eigenvalue weighted by Crippen LogP contribution is -2.35. The number of sulfonamides is 1. The Balaban J connectivity index is 1.84. The quantitative estimate of drug-likeness (QED) is 0.598. The van der Waals surface area contributed by atoms with Gasteiger partial charge in [-0.05, 0) is 63.0 Å². The fourth-order valence-electron chi connectivity index (χ4n) is 2.79. The highest BCUT2D eigenvalue weighted by Crippen LogP contribution is 2.16. The predicted octanol–water partition coefficient (Wildman–Crippen LogP) is 1.87. The second-order valence-corrected chi connectivity index (χ2v) is 8.06. The number of carbonyl (C=O) groups is 1. The van der Waals surface area contributed by atoms with E-state index >= 15 is 0 Å². The van der Waals surface area contributed by atoms with Crippen molar-refractivity contribution in [2.75, 3.05) is 33.3 Å². The maximum atomic E-state index is 12.3. The van der Waals surface area contributed by atoms with E-state index in [-0.39, 0.29) is 10.5 Å². The number of esters is 1. The Morgan fingerprint density at radius 3 is 2.71 bits per heavy atom. The largest absolute Gasteiger partial charge is 0.465 e. The summed E-state index contributed by atoms with van der Waals surface area (Å²) in [4.78, 5) is 14.0. The van der Waals surface area contributed by atoms with E-state index in [1.807, 2.05) is 0 Å². The normalized spacial score (nSPS) is 16.9. The second kappa shape index (κ2) is 8.60. The summed E-state index contributed by atoms with van der Waals surface area (Å²) in [5, 5.41) is 0. The summed E-state index contributed by atoms with van der Waals surface area (Å²) in [6, 6.07) is 5.87. The van der Waals surface area contributed by atoms with E-state index in [9.17, 15) is 13.2 Å². The van der Waals surface area contributed by atoms with Crippen molar-refractivity contribution in [1.82, 2.24) is 9.62 Å². The standard InChI is InChI=1S/C17H26N2O4S/c1-14-7-11-19(12-8-14)10-4-9-18-24(21,22)16-6-3-5-15(13-16)17(20)23-2/h3,5-6,13-14,18H,4,7-12H2,1-2H3. The van der Waals surface area contributed by atoms with Gasteiger partial charge in [0.25, 0.3) is 0 Å². The van der Waals surface area contributed by atoms with Gasteiger partial charge < -0.3 is 9.64 Å². The highest BCUT2D eigenvalue weighted by molar-refractivity contribution is 7.89. The minimum absolute atomic E-state index is 0.0807. The number of rotatable bonds is 7. The number of nitrogens with one attached hydrogen (secondary N) is 1. The minimum Gasteiger partial charge on any atom is -0.465 e. The van der Waals surface area contributed by atoms with Crippen molar-refractivity contribution in [3.05, 3.63) is 29.8 Å². The van der Waals surface area contributed by atoms with Crippen molar-refractivity contribution in [1.29, 1.82) is 0 Å². The first-order valence-electron chi connectivity index (χ1n) is 8.33. The van der Waals surface area contributed by atoms with Gasteiger partial charge in [-0.2, -0.15) is 0 Å². The van der Waals surface area contributed by atoms with Crippen LogP contribution in [0, 0.1) is 5.92 Å². The number of hydrogen-bond acceptors (Lipinski definition) is 5. The third-order valence-electron chi connectivity index (χ3n) is 4.38. The van der Waals surface area contributed by atoms with E-state index in [2.05, 4.69) is 21.3 Å². The smallest absolute Gasteiger partial charge is 0.337 e. The monoisotopic (exact) mass is 354 g/mol. The molecule has 1 N–H and O–H groups in total. The van der Waals surface area contributed by atoms with Gasteiger partial charge >= 0.3 is 5.97 Å². The van der Waals surface area contributed by atoms with Crippen molar-refractivity contribution < 1.29 is 17.9 Å². The van der Waals surface area contributed by atoms with Crippen LogP contribution in [0.3, 0.4) is 0 Å². The van der Waals surface area contributed by atoms with Gasteiger partial charge in [-0.3, -0.25) is 0 Å². The van der Waals surface area contributed by atoms with Crippen molar-refractivity contribution in [2.24, 2.45) is 5.92 Å². The van der Waals surface area contributed by atoms with Crippen molar-refractivity contribution in [2.45, 2.75) is 31.1 Å². The molecule has 1 aromatic rings. The molecule has 1 aliphatic rings. The highest BCUT2D eigenvalue weighted by atomic mass is 32.2. The third-order valence-corrected chi connectivity index (χ3v) is 5.84. The summed E-state index contributed by atoms with van der Waals surface area (Å²) in [7, 11) is -2.35. The molecule has 0 saturated carbocycles. The number of methoxy groups -OCH3 is 1. The van der Waals surface area contributed by atoms with Gasteiger partial charge in [-0.15, -0.1) is 0 Å². The number of likely N-dealkylation sites (tertiary alicyclic amines) is 1. The Bertz CT molecular complexity index is 652. The highest BCUT2D eigenvalue weighted by Gasteiger charge is 2.17. The molecule has 0 atom stereocenters. The zero-order valence-electron chi connectivity index (χ0n) is 14.3. The van der Waals surface area contributed by atoms with Crippen LogP contribution in [0.2, 0.25) is 0 Å². The van der Waals surface area contributed by atoms with Crippen LogP contribution in [0.25, 0.3) is 0 Å². The molecule has 0 spiro atoms. The third kappa shape index (κ3) is 5.29. The molecule has 1 saturated heterocycles. The Kier molecular flexibility index (Phi) is 6.77. The summed E-state index contributed by atoms with van der Waals surface area (Å²) >= 11 is 0. The molecule has 7 heteroatoms. The molecule has 24 heavy (non-hydrogen) atoms. The van der Waals surface area contributed by atoms with E-state index < -0.39 is 16.0 Å². The van der Waals surface area contributed by atoms with Gasteiger partial charge in [0, 0.05) is 6.54 Å². The first kappa shape index (κ1) is 18.9. The molecule has 134 valence electrons. The fourth-order valence-corrected chi connectivity index (χ4v) is 3.91. The Hall–Kier alpha value is -1.44. The van der Waals surface area contributed by atoms with E-state index in [0.717, 1.165) is 32.0 Å². The summed E-state index contributed by atoms with van der Waals surface area (Å²) in [6.45, 7) is 5.74. The molecule has 1 heterocycles. The summed E-state index contributed by atoms with van der Waals surface area (Å²) in [6.07, 6.45) is 3.20. The molecule has 1 aliphatic heterocycles. The van der Waals surface area contributed by atoms with Crippen LogP contribution in [-0.4, -0.2) is 52.6 Å². The van der Waals surface area contributed by atoms with Crippen molar-refractivity contribution >= 4 is 16.0 Å². The van der Waals surface area contributed by atoms with Gasteiger partial charge in [0.15, 0.2) is 0 Å². The zero-order chi connectivity index (χ0) is 17.6. The van der Waals surface area contributed by atoms with E-state index in [1.165, 1.54) is 44.2 Å². The second-order valence-electron chi connectivity index (χ2n) is 6.29. The number of piperidine rings is 1. The lowest BCUT2D eigenvalue weighted by molar-refractivity contribution is 0.0600. The van der Waals surface area contributed by atoms with Crippen LogP contribution in [0.5, 0.6) is 0 Å². The summed E-state index contributed by atoms with van der Waals surface area (Å²) in [5.74, 6) is 0.244. The van der Waals surface area contributed by atoms with Crippen molar-refractivity contribution in [3.63, 3.8) is 0 Å². The number of carbonyl (C=O) groups excluding carboxylic acids is 1. The topological polar surface area (TPSA) is 75.7 Å². The molecule has 0 aromatic heterocycles. The molecule has 0 bridgehead atoms. The predicted molar refractivity (Wildman–Crippen MR) is 92.4 cm³/mol. The number of nitrogens with zero attached hydrogens (tertiary/aromatic N) is 1. The molecule has 1 aromatic carbocycles. The van der Waals surface area contributed by atoms with Crippen LogP contribution in [0.15, 0.2) is 29.2 Å². The van der Waals surface area contributed by atoms with Gasteiger partial charge in [-0.25, -0.2) is 17.9 Å². The number of benzene rings is 1. The first-order valence-corrected chi connectivity index (χ1v) is 9.81. The summed E-state index contributed by atoms with van der Waals surface area (Å²) in [5.41, 5.74) is 0.225. The van der Waals surface area contributed by atoms with Crippen molar-refractivity contribution in [3.8, 4) is 0 Å². The van der Waals surface area contributed by atoms with Gasteiger partial charge in [0.05, 0.1) is 17.6 Å². The van der Waals surface area contributed by atoms with Gasteiger partial charge in [-0.1, -0.05) is 13.0 Å². The molecule has 0 unspecified atom stereocenters.